The number of nitrogens with zero attached hydrogens (tertiary/aromatic N) is 2. The summed E-state index contributed by atoms with van der Waals surface area (Å²) in [6, 6.07) is 13.7. The molecule has 0 bridgehead atoms. The number of amidine groups is 1. The molecule has 12 heteroatoms. The summed E-state index contributed by atoms with van der Waals surface area (Å²) in [5.74, 6) is 0.647. The fourth-order valence-electron chi connectivity index (χ4n) is 4.60. The summed E-state index contributed by atoms with van der Waals surface area (Å²) in [6.45, 7) is 2.64. The van der Waals surface area contributed by atoms with E-state index in [9.17, 15) is 23.3 Å². The number of methoxy groups -OCH3 is 1. The Morgan fingerprint density at radius 2 is 1.76 bits per heavy atom. The van der Waals surface area contributed by atoms with E-state index < -0.39 is 11.3 Å². The summed E-state index contributed by atoms with van der Waals surface area (Å²) >= 11 is 0. The molecule has 0 radical (unpaired) electrons. The molecule has 0 saturated heterocycles. The molecular formula is C29H36F3N3O6. The maximum Gasteiger partial charge on any atom is 0.573 e. The molecule has 3 rings (SSSR count). The predicted molar refractivity (Wildman–Crippen MR) is 147 cm³/mol. The molecule has 0 spiro atoms. The Morgan fingerprint density at radius 1 is 1.07 bits per heavy atom. The molecule has 1 fully saturated rings. The lowest BCUT2D eigenvalue weighted by Crippen LogP contribution is -2.34. The molecule has 224 valence electrons. The van der Waals surface area contributed by atoms with Crippen LogP contribution in [0.4, 0.5) is 13.2 Å². The molecule has 2 atom stereocenters. The number of benzene rings is 2. The molecule has 1 aliphatic rings. The van der Waals surface area contributed by atoms with E-state index in [0.29, 0.717) is 31.4 Å². The second-order valence-corrected chi connectivity index (χ2v) is 9.82. The van der Waals surface area contributed by atoms with Crippen molar-refractivity contribution in [1.29, 1.82) is 5.41 Å². The SMILES string of the molecule is COC(=N)N(C/C=C(\C)[N+](=O)[O-])CCOCc1ccc(C2CCCC(Oc3ccc(OC(F)(F)F)cc3)CC2)cc1. The smallest absolute Gasteiger partial charge is 0.490 e. The molecule has 0 heterocycles. The quantitative estimate of drug-likeness (QED) is 0.0748. The van der Waals surface area contributed by atoms with Gasteiger partial charge in [0, 0.05) is 26.1 Å². The highest BCUT2D eigenvalue weighted by Crippen LogP contribution is 2.34. The molecule has 0 amide bonds. The molecule has 1 aliphatic carbocycles. The van der Waals surface area contributed by atoms with Gasteiger partial charge in [-0.25, -0.2) is 0 Å². The first-order valence-corrected chi connectivity index (χ1v) is 13.4. The highest BCUT2D eigenvalue weighted by atomic mass is 19.4. The topological polar surface area (TPSA) is 107 Å². The molecule has 2 aromatic rings. The molecule has 0 aliphatic heterocycles. The third kappa shape index (κ3) is 10.9. The number of allylic oxidation sites excluding steroid dienone is 1. The van der Waals surface area contributed by atoms with E-state index >= 15 is 0 Å². The van der Waals surface area contributed by atoms with Gasteiger partial charge >= 0.3 is 6.36 Å². The van der Waals surface area contributed by atoms with Gasteiger partial charge in [-0.2, -0.15) is 0 Å². The van der Waals surface area contributed by atoms with E-state index in [0.717, 1.165) is 37.7 Å². The first kappa shape index (κ1) is 31.7. The maximum atomic E-state index is 12.4. The maximum absolute atomic E-state index is 12.4. The van der Waals surface area contributed by atoms with E-state index in [2.05, 4.69) is 16.9 Å². The monoisotopic (exact) mass is 579 g/mol. The van der Waals surface area contributed by atoms with Gasteiger partial charge in [0.15, 0.2) is 0 Å². The molecular weight excluding hydrogens is 543 g/mol. The highest BCUT2D eigenvalue weighted by molar-refractivity contribution is 5.70. The second-order valence-electron chi connectivity index (χ2n) is 9.82. The number of alkyl halides is 3. The summed E-state index contributed by atoms with van der Waals surface area (Å²) in [5.41, 5.74) is 2.26. The molecule has 2 unspecified atom stereocenters. The number of hydrogen-bond donors (Lipinski definition) is 1. The van der Waals surface area contributed by atoms with Gasteiger partial charge in [0.1, 0.15) is 11.5 Å². The van der Waals surface area contributed by atoms with Crippen LogP contribution in [0.2, 0.25) is 0 Å². The van der Waals surface area contributed by atoms with Gasteiger partial charge in [-0.05, 0) is 73.4 Å². The van der Waals surface area contributed by atoms with Crippen LogP contribution in [-0.2, 0) is 16.1 Å². The standard InChI is InChI=1S/C29H36F3N3O6/c1-21(35(36)37)16-17-34(28(33)38-2)18-19-39-20-22-6-8-24(9-7-22)23-4-3-5-25(11-10-23)40-26-12-14-27(15-13-26)41-29(30,31)32/h6-9,12-16,23,25,33H,3-5,10-11,17-20H2,1-2H3/b21-16+,33-28?. The molecule has 0 aromatic heterocycles. The van der Waals surface area contributed by atoms with Gasteiger partial charge in [-0.3, -0.25) is 15.5 Å². The van der Waals surface area contributed by atoms with Crippen LogP contribution in [-0.4, -0.2) is 55.1 Å². The van der Waals surface area contributed by atoms with Crippen molar-refractivity contribution >= 4 is 6.02 Å². The third-order valence-corrected chi connectivity index (χ3v) is 6.88. The van der Waals surface area contributed by atoms with Crippen molar-refractivity contribution in [1.82, 2.24) is 4.90 Å². The van der Waals surface area contributed by atoms with Gasteiger partial charge in [-0.15, -0.1) is 13.2 Å². The lowest BCUT2D eigenvalue weighted by atomic mass is 9.91. The Bertz CT molecular complexity index is 1160. The largest absolute Gasteiger partial charge is 0.573 e. The summed E-state index contributed by atoms with van der Waals surface area (Å²) < 4.78 is 57.8. The van der Waals surface area contributed by atoms with E-state index in [1.165, 1.54) is 49.9 Å². The van der Waals surface area contributed by atoms with Crippen LogP contribution in [0.3, 0.4) is 0 Å². The van der Waals surface area contributed by atoms with Crippen molar-refractivity contribution < 1.29 is 37.0 Å². The Balaban J connectivity index is 1.43. The van der Waals surface area contributed by atoms with Crippen molar-refractivity contribution in [3.8, 4) is 11.5 Å². The van der Waals surface area contributed by atoms with Crippen LogP contribution in [0.15, 0.2) is 60.3 Å². The summed E-state index contributed by atoms with van der Waals surface area (Å²) in [6.07, 6.45) is 1.40. The number of nitro groups is 1. The zero-order valence-electron chi connectivity index (χ0n) is 23.2. The Kier molecular flexibility index (Phi) is 11.8. The Hall–Kier alpha value is -3.80. The van der Waals surface area contributed by atoms with Crippen molar-refractivity contribution in [2.75, 3.05) is 26.8 Å². The molecule has 9 nitrogen and oxygen atoms in total. The van der Waals surface area contributed by atoms with Crippen LogP contribution in [0, 0.1) is 15.5 Å². The van der Waals surface area contributed by atoms with E-state index in [-0.39, 0.29) is 30.1 Å². The summed E-state index contributed by atoms with van der Waals surface area (Å²) in [5, 5.41) is 18.7. The number of nitrogens with one attached hydrogen (secondary N) is 1. The zero-order valence-corrected chi connectivity index (χ0v) is 23.2. The third-order valence-electron chi connectivity index (χ3n) is 6.88. The second kappa shape index (κ2) is 15.3. The van der Waals surface area contributed by atoms with Crippen LogP contribution >= 0.6 is 0 Å². The molecule has 2 aromatic carbocycles. The van der Waals surface area contributed by atoms with Crippen LogP contribution in [0.1, 0.15) is 56.1 Å². The summed E-state index contributed by atoms with van der Waals surface area (Å²) in [7, 11) is 1.38. The van der Waals surface area contributed by atoms with Crippen molar-refractivity contribution in [3.05, 3.63) is 81.5 Å². The lowest BCUT2D eigenvalue weighted by molar-refractivity contribution is -0.424. The minimum absolute atomic E-state index is 0.000155. The van der Waals surface area contributed by atoms with Gasteiger partial charge in [-0.1, -0.05) is 24.3 Å². The van der Waals surface area contributed by atoms with Crippen molar-refractivity contribution in [2.45, 2.75) is 64.0 Å². The molecule has 1 saturated carbocycles. The number of hydrogen-bond acceptors (Lipinski definition) is 7. The highest BCUT2D eigenvalue weighted by Gasteiger charge is 2.31. The van der Waals surface area contributed by atoms with Gasteiger partial charge in [0.2, 0.25) is 5.70 Å². The fourth-order valence-corrected chi connectivity index (χ4v) is 4.60. The van der Waals surface area contributed by atoms with Gasteiger partial charge in [0.25, 0.3) is 6.02 Å². The average molecular weight is 580 g/mol. The first-order valence-electron chi connectivity index (χ1n) is 13.4. The minimum Gasteiger partial charge on any atom is -0.490 e. The van der Waals surface area contributed by atoms with E-state index in [1.54, 1.807) is 4.90 Å². The molecule has 41 heavy (non-hydrogen) atoms. The van der Waals surface area contributed by atoms with Crippen LogP contribution < -0.4 is 9.47 Å². The van der Waals surface area contributed by atoms with Crippen LogP contribution in [0.25, 0.3) is 0 Å². The van der Waals surface area contributed by atoms with Crippen molar-refractivity contribution in [2.24, 2.45) is 0 Å². The van der Waals surface area contributed by atoms with Crippen molar-refractivity contribution in [3.63, 3.8) is 0 Å². The van der Waals surface area contributed by atoms with Crippen LogP contribution in [0.5, 0.6) is 11.5 Å². The van der Waals surface area contributed by atoms with E-state index in [1.807, 2.05) is 12.1 Å². The minimum atomic E-state index is -4.72. The average Bonchev–Trinajstić information content (AvgIpc) is 3.18. The van der Waals surface area contributed by atoms with Gasteiger partial charge in [0.05, 0.1) is 31.4 Å². The fraction of sp³-hybridized carbons (Fsp3) is 0.483. The molecule has 1 N–H and O–H groups in total. The van der Waals surface area contributed by atoms with E-state index in [4.69, 9.17) is 19.6 Å². The number of rotatable bonds is 12. The number of halogens is 3. The Labute approximate surface area is 237 Å². The summed E-state index contributed by atoms with van der Waals surface area (Å²) in [4.78, 5) is 11.9. The lowest BCUT2D eigenvalue weighted by Gasteiger charge is -2.21. The zero-order chi connectivity index (χ0) is 29.8. The number of ether oxygens (including phenoxy) is 4. The predicted octanol–water partition coefficient (Wildman–Crippen LogP) is 6.66. The normalized spacial score (nSPS) is 17.8. The first-order chi connectivity index (χ1) is 19.5. The van der Waals surface area contributed by atoms with Gasteiger partial charge < -0.3 is 23.8 Å². The Morgan fingerprint density at radius 3 is 2.39 bits per heavy atom.